The van der Waals surface area contributed by atoms with Crippen LogP contribution in [0.1, 0.15) is 5.56 Å². The standard InChI is InChI=1S/C16H12FN5O3S/c17-12-5-2-1-4-11(12)10-22-9-8-15(18-22)21-26(23,24)14-7-3-6-13-16(14)20-25-19-13/h1-9H,10H2,(H,18,21). The smallest absolute Gasteiger partial charge is 0.265 e. The molecule has 2 aromatic carbocycles. The lowest BCUT2D eigenvalue weighted by Gasteiger charge is -2.06. The first kappa shape index (κ1) is 16.2. The maximum absolute atomic E-state index is 13.7. The van der Waals surface area contributed by atoms with Gasteiger partial charge in [-0.2, -0.15) is 5.10 Å². The monoisotopic (exact) mass is 373 g/mol. The van der Waals surface area contributed by atoms with Gasteiger partial charge < -0.3 is 0 Å². The largest absolute Gasteiger partial charge is 0.266 e. The van der Waals surface area contributed by atoms with E-state index >= 15 is 0 Å². The van der Waals surface area contributed by atoms with Crippen LogP contribution in [0.4, 0.5) is 10.2 Å². The van der Waals surface area contributed by atoms with Crippen molar-refractivity contribution in [2.45, 2.75) is 11.4 Å². The zero-order valence-electron chi connectivity index (χ0n) is 13.2. The van der Waals surface area contributed by atoms with Gasteiger partial charge >= 0.3 is 0 Å². The highest BCUT2D eigenvalue weighted by molar-refractivity contribution is 7.93. The van der Waals surface area contributed by atoms with Crippen LogP contribution in [0.25, 0.3) is 11.0 Å². The Kier molecular flexibility index (Phi) is 3.88. The molecule has 0 bridgehead atoms. The van der Waals surface area contributed by atoms with Crippen LogP contribution >= 0.6 is 0 Å². The maximum Gasteiger partial charge on any atom is 0.265 e. The molecule has 8 nitrogen and oxygen atoms in total. The molecule has 0 saturated carbocycles. The molecule has 0 fully saturated rings. The van der Waals surface area contributed by atoms with E-state index in [1.54, 1.807) is 30.5 Å². The van der Waals surface area contributed by atoms with Crippen LogP contribution < -0.4 is 4.72 Å². The fourth-order valence-corrected chi connectivity index (χ4v) is 3.64. The number of nitrogens with one attached hydrogen (secondary N) is 1. The third-order valence-corrected chi connectivity index (χ3v) is 5.09. The molecule has 4 aromatic rings. The quantitative estimate of drug-likeness (QED) is 0.576. The zero-order valence-corrected chi connectivity index (χ0v) is 14.0. The Hall–Kier alpha value is -3.27. The molecule has 0 radical (unpaired) electrons. The van der Waals surface area contributed by atoms with Gasteiger partial charge in [0.1, 0.15) is 16.2 Å². The number of fused-ring (bicyclic) bond motifs is 1. The second kappa shape index (κ2) is 6.23. The van der Waals surface area contributed by atoms with Crippen molar-refractivity contribution >= 4 is 26.9 Å². The second-order valence-corrected chi connectivity index (χ2v) is 7.13. The summed E-state index contributed by atoms with van der Waals surface area (Å²) >= 11 is 0. The van der Waals surface area contributed by atoms with E-state index in [0.29, 0.717) is 11.1 Å². The van der Waals surface area contributed by atoms with Gasteiger partial charge in [0, 0.05) is 17.8 Å². The van der Waals surface area contributed by atoms with Crippen molar-refractivity contribution in [3.8, 4) is 0 Å². The summed E-state index contributed by atoms with van der Waals surface area (Å²) in [6.07, 6.45) is 1.56. The number of sulfonamides is 1. The minimum absolute atomic E-state index is 0.0695. The molecular weight excluding hydrogens is 361 g/mol. The van der Waals surface area contributed by atoms with Crippen LogP contribution in [0.15, 0.2) is 64.3 Å². The van der Waals surface area contributed by atoms with E-state index in [1.165, 1.54) is 28.9 Å². The summed E-state index contributed by atoms with van der Waals surface area (Å²) in [5.74, 6) is -0.245. The summed E-state index contributed by atoms with van der Waals surface area (Å²) < 4.78 is 47.3. The Labute approximate surface area is 147 Å². The van der Waals surface area contributed by atoms with Crippen LogP contribution in [0.5, 0.6) is 0 Å². The summed E-state index contributed by atoms with van der Waals surface area (Å²) in [6.45, 7) is 0.178. The Morgan fingerprint density at radius 3 is 2.77 bits per heavy atom. The first-order chi connectivity index (χ1) is 12.5. The summed E-state index contributed by atoms with van der Waals surface area (Å²) in [6, 6.07) is 12.3. The molecule has 0 atom stereocenters. The molecule has 0 unspecified atom stereocenters. The average Bonchev–Trinajstić information content (AvgIpc) is 3.25. The van der Waals surface area contributed by atoms with Gasteiger partial charge in [0.2, 0.25) is 0 Å². The van der Waals surface area contributed by atoms with E-state index in [-0.39, 0.29) is 28.6 Å². The SMILES string of the molecule is O=S(=O)(Nc1ccn(Cc2ccccc2F)n1)c1cccc2nonc12. The predicted molar refractivity (Wildman–Crippen MR) is 90.3 cm³/mol. The molecule has 132 valence electrons. The van der Waals surface area contributed by atoms with Crippen LogP contribution in [-0.4, -0.2) is 28.5 Å². The number of nitrogens with zero attached hydrogens (tertiary/aromatic N) is 4. The second-order valence-electron chi connectivity index (χ2n) is 5.48. The van der Waals surface area contributed by atoms with E-state index in [0.717, 1.165) is 0 Å². The highest BCUT2D eigenvalue weighted by Gasteiger charge is 2.21. The third kappa shape index (κ3) is 3.02. The molecule has 2 heterocycles. The summed E-state index contributed by atoms with van der Waals surface area (Å²) in [5.41, 5.74) is 0.909. The van der Waals surface area contributed by atoms with Crippen LogP contribution in [0.2, 0.25) is 0 Å². The fraction of sp³-hybridized carbons (Fsp3) is 0.0625. The number of rotatable bonds is 5. The van der Waals surface area contributed by atoms with Crippen molar-refractivity contribution in [2.24, 2.45) is 0 Å². The molecule has 0 aliphatic heterocycles. The fourth-order valence-electron chi connectivity index (χ4n) is 2.50. The number of hydrogen-bond donors (Lipinski definition) is 1. The number of hydrogen-bond acceptors (Lipinski definition) is 6. The van der Waals surface area contributed by atoms with Crippen molar-refractivity contribution in [3.05, 3.63) is 66.1 Å². The third-order valence-electron chi connectivity index (χ3n) is 3.71. The van der Waals surface area contributed by atoms with Crippen LogP contribution in [0, 0.1) is 5.82 Å². The van der Waals surface area contributed by atoms with Crippen molar-refractivity contribution in [2.75, 3.05) is 4.72 Å². The number of anilines is 1. The molecule has 2 aromatic heterocycles. The topological polar surface area (TPSA) is 103 Å². The highest BCUT2D eigenvalue weighted by Crippen LogP contribution is 2.22. The van der Waals surface area contributed by atoms with Crippen molar-refractivity contribution in [3.63, 3.8) is 0 Å². The lowest BCUT2D eigenvalue weighted by atomic mass is 10.2. The number of halogens is 1. The van der Waals surface area contributed by atoms with E-state index in [2.05, 4.69) is 24.8 Å². The van der Waals surface area contributed by atoms with Gasteiger partial charge in [-0.1, -0.05) is 24.3 Å². The molecule has 0 aliphatic carbocycles. The van der Waals surface area contributed by atoms with Gasteiger partial charge in [-0.3, -0.25) is 9.40 Å². The molecule has 26 heavy (non-hydrogen) atoms. The first-order valence-electron chi connectivity index (χ1n) is 7.54. The van der Waals surface area contributed by atoms with E-state index in [4.69, 9.17) is 0 Å². The molecule has 0 amide bonds. The minimum atomic E-state index is -3.94. The molecule has 4 rings (SSSR count). The van der Waals surface area contributed by atoms with Crippen LogP contribution in [0.3, 0.4) is 0 Å². The Morgan fingerprint density at radius 2 is 1.92 bits per heavy atom. The minimum Gasteiger partial charge on any atom is -0.266 e. The lowest BCUT2D eigenvalue weighted by Crippen LogP contribution is -2.14. The van der Waals surface area contributed by atoms with Crippen LogP contribution in [-0.2, 0) is 16.6 Å². The van der Waals surface area contributed by atoms with E-state index in [9.17, 15) is 12.8 Å². The Balaban J connectivity index is 1.59. The van der Waals surface area contributed by atoms with Gasteiger partial charge in [0.25, 0.3) is 10.0 Å². The summed E-state index contributed by atoms with van der Waals surface area (Å²) in [5, 5.41) is 11.4. The van der Waals surface area contributed by atoms with Gasteiger partial charge in [-0.15, -0.1) is 0 Å². The summed E-state index contributed by atoms with van der Waals surface area (Å²) in [4.78, 5) is -0.0695. The number of benzene rings is 2. The lowest BCUT2D eigenvalue weighted by molar-refractivity contribution is 0.315. The average molecular weight is 373 g/mol. The molecule has 10 heteroatoms. The Bertz CT molecular complexity index is 1190. The van der Waals surface area contributed by atoms with E-state index in [1.807, 2.05) is 0 Å². The molecule has 0 spiro atoms. The van der Waals surface area contributed by atoms with Crippen molar-refractivity contribution < 1.29 is 17.4 Å². The molecule has 0 aliphatic rings. The van der Waals surface area contributed by atoms with Gasteiger partial charge in [-0.05, 0) is 28.5 Å². The molecule has 0 saturated heterocycles. The van der Waals surface area contributed by atoms with Gasteiger partial charge in [-0.25, -0.2) is 17.4 Å². The first-order valence-corrected chi connectivity index (χ1v) is 9.02. The number of aromatic nitrogens is 4. The maximum atomic E-state index is 13.7. The molecular formula is C16H12FN5O3S. The van der Waals surface area contributed by atoms with Gasteiger partial charge in [0.15, 0.2) is 11.3 Å². The van der Waals surface area contributed by atoms with E-state index < -0.39 is 10.0 Å². The summed E-state index contributed by atoms with van der Waals surface area (Å²) in [7, 11) is -3.94. The van der Waals surface area contributed by atoms with Crippen molar-refractivity contribution in [1.29, 1.82) is 0 Å². The van der Waals surface area contributed by atoms with Crippen molar-refractivity contribution in [1.82, 2.24) is 20.1 Å². The highest BCUT2D eigenvalue weighted by atomic mass is 32.2. The normalized spacial score (nSPS) is 11.7. The van der Waals surface area contributed by atoms with Gasteiger partial charge in [0.05, 0.1) is 6.54 Å². The Morgan fingerprint density at radius 1 is 1.08 bits per heavy atom. The zero-order chi connectivity index (χ0) is 18.1. The molecule has 1 N–H and O–H groups in total. The predicted octanol–water partition coefficient (Wildman–Crippen LogP) is 2.41.